The van der Waals surface area contributed by atoms with E-state index in [2.05, 4.69) is 53.8 Å². The highest BCUT2D eigenvalue weighted by atomic mass is 16.2. The van der Waals surface area contributed by atoms with Crippen LogP contribution in [0.1, 0.15) is 70.7 Å². The first-order valence-corrected chi connectivity index (χ1v) is 11.1. The molecule has 0 bridgehead atoms. The largest absolute Gasteiger partial charge is 0.331 e. The number of fused-ring (bicyclic) bond motifs is 1. The van der Waals surface area contributed by atoms with Crippen molar-refractivity contribution in [3.8, 4) is 11.3 Å². The van der Waals surface area contributed by atoms with Crippen LogP contribution in [0.3, 0.4) is 0 Å². The molecule has 1 aliphatic heterocycles. The first kappa shape index (κ1) is 19.2. The zero-order chi connectivity index (χ0) is 19.5. The third-order valence-corrected chi connectivity index (χ3v) is 6.73. The number of aromatic nitrogens is 2. The molecule has 4 heteroatoms. The van der Waals surface area contributed by atoms with E-state index >= 15 is 0 Å². The van der Waals surface area contributed by atoms with Gasteiger partial charge in [0.15, 0.2) is 0 Å². The number of benzene rings is 1. The van der Waals surface area contributed by atoms with Gasteiger partial charge in [0.1, 0.15) is 5.82 Å². The van der Waals surface area contributed by atoms with E-state index in [4.69, 9.17) is 4.98 Å². The number of amides is 1. The van der Waals surface area contributed by atoms with Gasteiger partial charge in [-0.05, 0) is 18.8 Å². The van der Waals surface area contributed by atoms with Gasteiger partial charge in [0.2, 0.25) is 5.91 Å². The average Bonchev–Trinajstić information content (AvgIpc) is 3.19. The van der Waals surface area contributed by atoms with Gasteiger partial charge < -0.3 is 9.47 Å². The maximum atomic E-state index is 13.2. The Kier molecular flexibility index (Phi) is 5.84. The molecule has 4 nitrogen and oxygen atoms in total. The van der Waals surface area contributed by atoms with Gasteiger partial charge >= 0.3 is 0 Å². The lowest BCUT2D eigenvalue weighted by molar-refractivity contribution is -0.139. The highest BCUT2D eigenvalue weighted by Gasteiger charge is 2.36. The molecular weight excluding hydrogens is 346 g/mol. The quantitative estimate of drug-likeness (QED) is 0.693. The fourth-order valence-corrected chi connectivity index (χ4v) is 4.83. The molecule has 1 aromatic carbocycles. The fraction of sp³-hybridized carbons (Fsp3) is 0.583. The van der Waals surface area contributed by atoms with Crippen LogP contribution in [-0.2, 0) is 11.3 Å². The van der Waals surface area contributed by atoms with E-state index in [1.54, 1.807) is 0 Å². The maximum absolute atomic E-state index is 13.2. The number of rotatable bonds is 5. The Labute approximate surface area is 169 Å². The van der Waals surface area contributed by atoms with Gasteiger partial charge in [0.05, 0.1) is 11.7 Å². The van der Waals surface area contributed by atoms with Gasteiger partial charge in [-0.1, -0.05) is 76.3 Å². The molecule has 150 valence electrons. The van der Waals surface area contributed by atoms with Crippen molar-refractivity contribution in [2.75, 3.05) is 6.54 Å². The van der Waals surface area contributed by atoms with E-state index in [0.29, 0.717) is 5.91 Å². The summed E-state index contributed by atoms with van der Waals surface area (Å²) in [5.41, 5.74) is 2.18. The molecule has 2 atom stereocenters. The number of hydrogen-bond acceptors (Lipinski definition) is 2. The number of nitrogens with zero attached hydrogens (tertiary/aromatic N) is 3. The van der Waals surface area contributed by atoms with E-state index in [1.807, 2.05) is 6.07 Å². The van der Waals surface area contributed by atoms with E-state index in [-0.39, 0.29) is 12.0 Å². The molecule has 2 heterocycles. The van der Waals surface area contributed by atoms with Gasteiger partial charge in [0.25, 0.3) is 0 Å². The molecule has 4 rings (SSSR count). The van der Waals surface area contributed by atoms with Gasteiger partial charge in [-0.25, -0.2) is 4.98 Å². The predicted octanol–water partition coefficient (Wildman–Crippen LogP) is 5.45. The van der Waals surface area contributed by atoms with Crippen LogP contribution in [0.2, 0.25) is 0 Å². The minimum absolute atomic E-state index is 0.0870. The molecule has 0 N–H and O–H groups in total. The topological polar surface area (TPSA) is 38.1 Å². The van der Waals surface area contributed by atoms with Crippen molar-refractivity contribution in [1.29, 1.82) is 0 Å². The molecule has 1 unspecified atom stereocenters. The molecule has 0 radical (unpaired) electrons. The van der Waals surface area contributed by atoms with Crippen molar-refractivity contribution in [2.45, 2.75) is 71.4 Å². The van der Waals surface area contributed by atoms with Crippen LogP contribution in [0.25, 0.3) is 11.3 Å². The lowest BCUT2D eigenvalue weighted by Gasteiger charge is -2.39. The van der Waals surface area contributed by atoms with Crippen molar-refractivity contribution in [3.05, 3.63) is 42.4 Å². The van der Waals surface area contributed by atoms with Crippen LogP contribution in [0, 0.1) is 11.8 Å². The number of carbonyl (C=O) groups is 1. The number of carbonyl (C=O) groups excluding carboxylic acids is 1. The molecule has 1 saturated carbocycles. The zero-order valence-corrected chi connectivity index (χ0v) is 17.3. The van der Waals surface area contributed by atoms with Gasteiger partial charge in [-0.3, -0.25) is 4.79 Å². The second-order valence-electron chi connectivity index (χ2n) is 8.64. The summed E-state index contributed by atoms with van der Waals surface area (Å²) in [5.74, 6) is 2.20. The maximum Gasteiger partial charge on any atom is 0.226 e. The standard InChI is InChI=1S/C24H33N3O/c1-3-18(2)24(28)27-15-14-26-17-21(20-12-8-5-9-13-20)25-23(26)22(27)16-19-10-6-4-7-11-19/h5,8-9,12-13,17-19,22H,3-4,6-7,10-11,14-16H2,1-2H3/t18?,22-/m0/s1. The molecule has 1 amide bonds. The van der Waals surface area contributed by atoms with Crippen LogP contribution >= 0.6 is 0 Å². The first-order valence-electron chi connectivity index (χ1n) is 11.1. The van der Waals surface area contributed by atoms with E-state index < -0.39 is 0 Å². The van der Waals surface area contributed by atoms with E-state index in [0.717, 1.165) is 48.9 Å². The van der Waals surface area contributed by atoms with Gasteiger partial charge in [0, 0.05) is 30.8 Å². The molecule has 1 aromatic heterocycles. The zero-order valence-electron chi connectivity index (χ0n) is 17.3. The second-order valence-corrected chi connectivity index (χ2v) is 8.64. The Morgan fingerprint density at radius 2 is 1.89 bits per heavy atom. The summed E-state index contributed by atoms with van der Waals surface area (Å²) in [7, 11) is 0. The Hall–Kier alpha value is -2.10. The molecule has 2 aromatic rings. The van der Waals surface area contributed by atoms with Crippen LogP contribution in [0.15, 0.2) is 36.5 Å². The van der Waals surface area contributed by atoms with Crippen molar-refractivity contribution in [1.82, 2.24) is 14.5 Å². The Balaban J connectivity index is 1.66. The molecular formula is C24H33N3O. The Bertz CT molecular complexity index is 791. The summed E-state index contributed by atoms with van der Waals surface area (Å²) in [6.45, 7) is 5.82. The summed E-state index contributed by atoms with van der Waals surface area (Å²) < 4.78 is 2.30. The van der Waals surface area contributed by atoms with E-state index in [9.17, 15) is 4.79 Å². The van der Waals surface area contributed by atoms with Crippen molar-refractivity contribution in [2.24, 2.45) is 11.8 Å². The molecule has 2 aliphatic rings. The van der Waals surface area contributed by atoms with Crippen molar-refractivity contribution < 1.29 is 4.79 Å². The van der Waals surface area contributed by atoms with Crippen LogP contribution in [0.5, 0.6) is 0 Å². The monoisotopic (exact) mass is 379 g/mol. The summed E-state index contributed by atoms with van der Waals surface area (Å²) in [4.78, 5) is 20.4. The molecule has 0 saturated heterocycles. The fourth-order valence-electron chi connectivity index (χ4n) is 4.83. The third-order valence-electron chi connectivity index (χ3n) is 6.73. The van der Waals surface area contributed by atoms with Gasteiger partial charge in [-0.2, -0.15) is 0 Å². The summed E-state index contributed by atoms with van der Waals surface area (Å²) >= 11 is 0. The lowest BCUT2D eigenvalue weighted by atomic mass is 9.83. The number of imidazole rings is 1. The average molecular weight is 380 g/mol. The summed E-state index contributed by atoms with van der Waals surface area (Å²) in [6, 6.07) is 10.5. The number of hydrogen-bond donors (Lipinski definition) is 0. The minimum atomic E-state index is 0.0870. The summed E-state index contributed by atoms with van der Waals surface area (Å²) in [5, 5.41) is 0. The van der Waals surface area contributed by atoms with Crippen LogP contribution in [-0.4, -0.2) is 26.9 Å². The lowest BCUT2D eigenvalue weighted by Crippen LogP contribution is -2.45. The normalized spacial score (nSPS) is 21.4. The minimum Gasteiger partial charge on any atom is -0.331 e. The SMILES string of the molecule is CCC(C)C(=O)N1CCn2cc(-c3ccccc3)nc2[C@@H]1CC1CCCCC1. The van der Waals surface area contributed by atoms with Crippen LogP contribution in [0.4, 0.5) is 0 Å². The smallest absolute Gasteiger partial charge is 0.226 e. The first-order chi connectivity index (χ1) is 13.7. The Morgan fingerprint density at radius 3 is 2.61 bits per heavy atom. The van der Waals surface area contributed by atoms with E-state index in [1.165, 1.54) is 32.1 Å². The predicted molar refractivity (Wildman–Crippen MR) is 113 cm³/mol. The highest BCUT2D eigenvalue weighted by molar-refractivity contribution is 5.79. The molecule has 28 heavy (non-hydrogen) atoms. The molecule has 0 spiro atoms. The van der Waals surface area contributed by atoms with Gasteiger partial charge in [-0.15, -0.1) is 0 Å². The second kappa shape index (κ2) is 8.50. The molecule has 1 fully saturated rings. The van der Waals surface area contributed by atoms with Crippen molar-refractivity contribution in [3.63, 3.8) is 0 Å². The van der Waals surface area contributed by atoms with Crippen LogP contribution < -0.4 is 0 Å². The van der Waals surface area contributed by atoms with Crippen molar-refractivity contribution >= 4 is 5.91 Å². The Morgan fingerprint density at radius 1 is 1.14 bits per heavy atom. The summed E-state index contributed by atoms with van der Waals surface area (Å²) in [6.07, 6.45) is 10.8. The third kappa shape index (κ3) is 3.87. The molecule has 1 aliphatic carbocycles. The highest BCUT2D eigenvalue weighted by Crippen LogP contribution is 2.38.